The molecule has 0 radical (unpaired) electrons. The molecular weight excluding hydrogens is 282 g/mol. The van der Waals surface area contributed by atoms with Crippen LogP contribution in [0.5, 0.6) is 0 Å². The maximum Gasteiger partial charge on any atom is 0.245 e. The van der Waals surface area contributed by atoms with Gasteiger partial charge in [-0.2, -0.15) is 0 Å². The molecule has 2 amide bonds. The van der Waals surface area contributed by atoms with Crippen molar-refractivity contribution in [2.24, 2.45) is 0 Å². The zero-order valence-electron chi connectivity index (χ0n) is 12.8. The molecule has 0 bridgehead atoms. The van der Waals surface area contributed by atoms with E-state index in [0.29, 0.717) is 13.1 Å². The highest BCUT2D eigenvalue weighted by Crippen LogP contribution is 2.27. The lowest BCUT2D eigenvalue weighted by atomic mass is 10.0. The molecule has 6 nitrogen and oxygen atoms in total. The number of nitrogens with zero attached hydrogens (tertiary/aromatic N) is 2. The molecule has 22 heavy (non-hydrogen) atoms. The summed E-state index contributed by atoms with van der Waals surface area (Å²) in [6, 6.07) is 8.17. The van der Waals surface area contributed by atoms with Gasteiger partial charge in [-0.25, -0.2) is 5.06 Å². The first kappa shape index (κ1) is 14.6. The molecule has 1 aliphatic rings. The first-order chi connectivity index (χ1) is 10.6. The summed E-state index contributed by atoms with van der Waals surface area (Å²) in [5.74, 6) is -0.388. The molecular formula is C16H19N3O3. The Morgan fingerprint density at radius 1 is 1.36 bits per heavy atom. The summed E-state index contributed by atoms with van der Waals surface area (Å²) in [7, 11) is 1.39. The number of benzene rings is 1. The molecule has 0 fully saturated rings. The van der Waals surface area contributed by atoms with Gasteiger partial charge in [0.05, 0.1) is 13.7 Å². The predicted octanol–water partition coefficient (Wildman–Crippen LogP) is 1.46. The summed E-state index contributed by atoms with van der Waals surface area (Å²) in [6.45, 7) is 2.52. The largest absolute Gasteiger partial charge is 0.357 e. The minimum absolute atomic E-state index is 0.0542. The third-order valence-electron chi connectivity index (χ3n) is 4.09. The Labute approximate surface area is 128 Å². The number of hydrogen-bond acceptors (Lipinski definition) is 3. The minimum Gasteiger partial charge on any atom is -0.357 e. The molecule has 0 aliphatic carbocycles. The average Bonchev–Trinajstić information content (AvgIpc) is 2.89. The van der Waals surface area contributed by atoms with Crippen LogP contribution in [0.1, 0.15) is 18.2 Å². The van der Waals surface area contributed by atoms with Crippen LogP contribution in [0.4, 0.5) is 0 Å². The third-order valence-corrected chi connectivity index (χ3v) is 4.09. The second-order valence-electron chi connectivity index (χ2n) is 5.43. The van der Waals surface area contributed by atoms with E-state index in [1.165, 1.54) is 25.0 Å². The van der Waals surface area contributed by atoms with E-state index in [2.05, 4.69) is 11.1 Å². The van der Waals surface area contributed by atoms with Gasteiger partial charge in [-0.1, -0.05) is 18.2 Å². The number of carbonyl (C=O) groups is 2. The number of aromatic nitrogens is 1. The molecule has 0 unspecified atom stereocenters. The van der Waals surface area contributed by atoms with Gasteiger partial charge in [0, 0.05) is 30.1 Å². The second-order valence-corrected chi connectivity index (χ2v) is 5.43. The zero-order valence-corrected chi connectivity index (χ0v) is 12.8. The summed E-state index contributed by atoms with van der Waals surface area (Å²) in [5.41, 5.74) is 3.46. The van der Waals surface area contributed by atoms with Gasteiger partial charge in [-0.05, 0) is 18.1 Å². The van der Waals surface area contributed by atoms with Gasteiger partial charge < -0.3 is 9.88 Å². The Balaban J connectivity index is 1.76. The number of fused-ring (bicyclic) bond motifs is 3. The summed E-state index contributed by atoms with van der Waals surface area (Å²) >= 11 is 0. The molecule has 6 heteroatoms. The van der Waals surface area contributed by atoms with Gasteiger partial charge in [0.1, 0.15) is 6.54 Å². The molecule has 0 spiro atoms. The summed E-state index contributed by atoms with van der Waals surface area (Å²) in [4.78, 5) is 33.7. The molecule has 2 aromatic rings. The lowest BCUT2D eigenvalue weighted by Crippen LogP contribution is -2.43. The third kappa shape index (κ3) is 2.57. The fraction of sp³-hybridized carbons (Fsp3) is 0.375. The Morgan fingerprint density at radius 2 is 2.14 bits per heavy atom. The Hall–Kier alpha value is -2.34. The summed E-state index contributed by atoms with van der Waals surface area (Å²) in [6.07, 6.45) is 0.818. The number of nitrogens with one attached hydrogen (secondary N) is 1. The van der Waals surface area contributed by atoms with Crippen LogP contribution in [0.2, 0.25) is 0 Å². The van der Waals surface area contributed by atoms with Crippen molar-refractivity contribution in [1.29, 1.82) is 0 Å². The van der Waals surface area contributed by atoms with Crippen LogP contribution >= 0.6 is 0 Å². The Bertz CT molecular complexity index is 722. The maximum absolute atomic E-state index is 12.3. The first-order valence-electron chi connectivity index (χ1n) is 7.28. The Morgan fingerprint density at radius 3 is 2.86 bits per heavy atom. The maximum atomic E-state index is 12.3. The second kappa shape index (κ2) is 5.81. The fourth-order valence-electron chi connectivity index (χ4n) is 2.93. The van der Waals surface area contributed by atoms with Crippen LogP contribution in [-0.2, 0) is 27.4 Å². The lowest BCUT2D eigenvalue weighted by molar-refractivity contribution is -0.179. The van der Waals surface area contributed by atoms with Crippen LogP contribution in [0.15, 0.2) is 24.3 Å². The van der Waals surface area contributed by atoms with Gasteiger partial charge in [-0.15, -0.1) is 0 Å². The number of amides is 2. The lowest BCUT2D eigenvalue weighted by Gasteiger charge is -2.29. The van der Waals surface area contributed by atoms with E-state index in [9.17, 15) is 9.59 Å². The summed E-state index contributed by atoms with van der Waals surface area (Å²) in [5, 5.41) is 2.30. The first-order valence-corrected chi connectivity index (χ1v) is 7.28. The van der Waals surface area contributed by atoms with Crippen molar-refractivity contribution < 1.29 is 14.4 Å². The van der Waals surface area contributed by atoms with Crippen LogP contribution < -0.4 is 0 Å². The smallest absolute Gasteiger partial charge is 0.245 e. The van der Waals surface area contributed by atoms with Crippen molar-refractivity contribution in [2.75, 3.05) is 20.2 Å². The molecule has 1 aliphatic heterocycles. The van der Waals surface area contributed by atoms with Crippen LogP contribution in [0.25, 0.3) is 10.9 Å². The van der Waals surface area contributed by atoms with E-state index in [0.717, 1.165) is 22.7 Å². The highest BCUT2D eigenvalue weighted by molar-refractivity contribution is 5.86. The van der Waals surface area contributed by atoms with Crippen LogP contribution in [-0.4, -0.2) is 47.0 Å². The van der Waals surface area contributed by atoms with E-state index in [1.807, 2.05) is 18.2 Å². The number of hydroxylamine groups is 2. The van der Waals surface area contributed by atoms with Gasteiger partial charge in [-0.3, -0.25) is 14.4 Å². The van der Waals surface area contributed by atoms with E-state index in [4.69, 9.17) is 4.84 Å². The molecule has 0 atom stereocenters. The fourth-order valence-corrected chi connectivity index (χ4v) is 2.93. The van der Waals surface area contributed by atoms with Crippen LogP contribution in [0, 0.1) is 0 Å². The number of rotatable bonds is 3. The molecule has 1 aromatic heterocycles. The normalized spacial score (nSPS) is 14.0. The standard InChI is InChI=1S/C16H19N3O3/c1-11(20)19(22-2)10-16(21)18-8-7-13-12-5-3-4-6-14(12)17-15(13)9-18/h3-6,17H,7-10H2,1-2H3. The molecule has 3 rings (SSSR count). The van der Waals surface area contributed by atoms with Crippen molar-refractivity contribution in [3.8, 4) is 0 Å². The molecule has 116 valence electrons. The van der Waals surface area contributed by atoms with Crippen molar-refractivity contribution in [2.45, 2.75) is 19.9 Å². The number of para-hydroxylation sites is 1. The topological polar surface area (TPSA) is 65.6 Å². The molecule has 1 aromatic carbocycles. The Kier molecular flexibility index (Phi) is 3.85. The number of hydrogen-bond donors (Lipinski definition) is 1. The predicted molar refractivity (Wildman–Crippen MR) is 81.8 cm³/mol. The number of H-pyrrole nitrogens is 1. The quantitative estimate of drug-likeness (QED) is 0.873. The highest BCUT2D eigenvalue weighted by atomic mass is 16.7. The minimum atomic E-state index is -0.279. The van der Waals surface area contributed by atoms with E-state index >= 15 is 0 Å². The van der Waals surface area contributed by atoms with Gasteiger partial charge in [0.15, 0.2) is 0 Å². The summed E-state index contributed by atoms with van der Waals surface area (Å²) < 4.78 is 0. The monoisotopic (exact) mass is 301 g/mol. The zero-order chi connectivity index (χ0) is 15.7. The van der Waals surface area contributed by atoms with Crippen LogP contribution in [0.3, 0.4) is 0 Å². The molecule has 2 heterocycles. The number of carbonyl (C=O) groups excluding carboxylic acids is 2. The number of aromatic amines is 1. The van der Waals surface area contributed by atoms with E-state index in [1.54, 1.807) is 4.90 Å². The molecule has 0 saturated carbocycles. The van der Waals surface area contributed by atoms with Gasteiger partial charge in [0.25, 0.3) is 0 Å². The van der Waals surface area contributed by atoms with Gasteiger partial charge >= 0.3 is 0 Å². The molecule has 0 saturated heterocycles. The van der Waals surface area contributed by atoms with E-state index in [-0.39, 0.29) is 18.4 Å². The van der Waals surface area contributed by atoms with Crippen molar-refractivity contribution in [3.63, 3.8) is 0 Å². The molecule has 1 N–H and O–H groups in total. The average molecular weight is 301 g/mol. The van der Waals surface area contributed by atoms with Gasteiger partial charge in [0.2, 0.25) is 11.8 Å². The van der Waals surface area contributed by atoms with Crippen molar-refractivity contribution in [1.82, 2.24) is 14.9 Å². The van der Waals surface area contributed by atoms with Crippen molar-refractivity contribution in [3.05, 3.63) is 35.5 Å². The SMILES string of the molecule is CON(CC(=O)N1CCc2c([nH]c3ccccc23)C1)C(C)=O. The van der Waals surface area contributed by atoms with E-state index < -0.39 is 0 Å². The highest BCUT2D eigenvalue weighted by Gasteiger charge is 2.25. The van der Waals surface area contributed by atoms with Crippen molar-refractivity contribution >= 4 is 22.7 Å².